The maximum Gasteiger partial charge on any atom is 0.315 e. The third-order valence-corrected chi connectivity index (χ3v) is 8.81. The predicted molar refractivity (Wildman–Crippen MR) is 180 cm³/mol. The molecule has 1 aromatic carbocycles. The molecule has 2 aliphatic carbocycles. The fourth-order valence-electron chi connectivity index (χ4n) is 6.54. The van der Waals surface area contributed by atoms with Crippen molar-refractivity contribution in [2.45, 2.75) is 115 Å². The number of urea groups is 1. The molecule has 252 valence electrons. The van der Waals surface area contributed by atoms with Crippen LogP contribution in [0.15, 0.2) is 49.6 Å². The van der Waals surface area contributed by atoms with Crippen molar-refractivity contribution in [2.24, 2.45) is 5.92 Å². The second-order valence-electron chi connectivity index (χ2n) is 12.6. The number of rotatable bonds is 13. The van der Waals surface area contributed by atoms with Gasteiger partial charge < -0.3 is 26.2 Å². The molecule has 1 saturated heterocycles. The van der Waals surface area contributed by atoms with Crippen LogP contribution in [0.2, 0.25) is 0 Å². The number of fused-ring (bicyclic) bond motifs is 1. The lowest BCUT2D eigenvalue weighted by Gasteiger charge is -2.33. The van der Waals surface area contributed by atoms with Gasteiger partial charge in [-0.25, -0.2) is 4.79 Å². The molecule has 1 saturated carbocycles. The standard InChI is InChI=1S/C33H45N5O5.C3H8/c1-3-5-16-26(29(39)31(41)34-18-4-2)36-30(40)27-17-11-19-38(27)32(42)28(24-20-22-12-9-10-13-23(22)21-24)37-33(43)35-25-14-7-6-8-15-25;1-3-2/h3-4,9-10,12-13,24-28H,1-2,5-8,11,14-21H2,(H,34,41)(H,36,40)(H2,35,37,43);3H2,1-2H3/t26?,27-,28-;/m0./s1. The zero-order valence-electron chi connectivity index (χ0n) is 27.7. The van der Waals surface area contributed by atoms with Crippen LogP contribution >= 0.6 is 0 Å². The lowest BCUT2D eigenvalue weighted by molar-refractivity contribution is -0.143. The number of likely N-dealkylation sites (tertiary alicyclic amines) is 1. The van der Waals surface area contributed by atoms with E-state index in [2.05, 4.69) is 60.4 Å². The van der Waals surface area contributed by atoms with Crippen molar-refractivity contribution in [1.29, 1.82) is 0 Å². The van der Waals surface area contributed by atoms with Crippen molar-refractivity contribution < 1.29 is 24.0 Å². The zero-order chi connectivity index (χ0) is 33.5. The number of hydrogen-bond donors (Lipinski definition) is 4. The highest BCUT2D eigenvalue weighted by molar-refractivity contribution is 6.38. The Morgan fingerprint density at radius 1 is 0.913 bits per heavy atom. The Morgan fingerprint density at radius 3 is 2.17 bits per heavy atom. The molecule has 2 fully saturated rings. The zero-order valence-corrected chi connectivity index (χ0v) is 27.7. The van der Waals surface area contributed by atoms with Crippen LogP contribution in [0, 0.1) is 5.92 Å². The summed E-state index contributed by atoms with van der Waals surface area (Å²) >= 11 is 0. The number of allylic oxidation sites excluding steroid dienone is 1. The van der Waals surface area contributed by atoms with Crippen molar-refractivity contribution in [3.63, 3.8) is 0 Å². The van der Waals surface area contributed by atoms with E-state index in [1.807, 2.05) is 12.1 Å². The van der Waals surface area contributed by atoms with Gasteiger partial charge in [-0.05, 0) is 68.4 Å². The van der Waals surface area contributed by atoms with Gasteiger partial charge >= 0.3 is 6.03 Å². The molecule has 4 N–H and O–H groups in total. The average Bonchev–Trinajstić information content (AvgIpc) is 3.72. The number of carbonyl (C=O) groups excluding carboxylic acids is 5. The van der Waals surface area contributed by atoms with E-state index in [0.29, 0.717) is 38.6 Å². The second kappa shape index (κ2) is 18.9. The first-order valence-electron chi connectivity index (χ1n) is 17.0. The molecular formula is C36H53N5O5. The first-order valence-corrected chi connectivity index (χ1v) is 17.0. The molecule has 3 atom stereocenters. The highest BCUT2D eigenvalue weighted by atomic mass is 16.2. The van der Waals surface area contributed by atoms with E-state index in [4.69, 9.17) is 0 Å². The molecule has 0 spiro atoms. The van der Waals surface area contributed by atoms with E-state index in [1.54, 1.807) is 6.08 Å². The molecule has 4 rings (SSSR count). The van der Waals surface area contributed by atoms with E-state index in [1.165, 1.54) is 23.8 Å². The predicted octanol–water partition coefficient (Wildman–Crippen LogP) is 4.13. The Bertz CT molecular complexity index is 1200. The van der Waals surface area contributed by atoms with Gasteiger partial charge in [0.1, 0.15) is 12.1 Å². The van der Waals surface area contributed by atoms with Gasteiger partial charge in [-0.1, -0.05) is 75.9 Å². The molecule has 5 amide bonds. The lowest BCUT2D eigenvalue weighted by atomic mass is 9.94. The van der Waals surface area contributed by atoms with Crippen LogP contribution in [0.4, 0.5) is 4.79 Å². The van der Waals surface area contributed by atoms with Gasteiger partial charge in [0.15, 0.2) is 0 Å². The molecule has 10 heteroatoms. The summed E-state index contributed by atoms with van der Waals surface area (Å²) in [5.74, 6) is -2.49. The largest absolute Gasteiger partial charge is 0.346 e. The van der Waals surface area contributed by atoms with Gasteiger partial charge in [-0.15, -0.1) is 13.2 Å². The van der Waals surface area contributed by atoms with Crippen LogP contribution in [0.5, 0.6) is 0 Å². The smallest absolute Gasteiger partial charge is 0.315 e. The van der Waals surface area contributed by atoms with E-state index < -0.39 is 35.7 Å². The molecule has 10 nitrogen and oxygen atoms in total. The first-order chi connectivity index (χ1) is 22.2. The number of ketones is 1. The number of nitrogens with zero attached hydrogens (tertiary/aromatic N) is 1. The van der Waals surface area contributed by atoms with E-state index >= 15 is 0 Å². The van der Waals surface area contributed by atoms with Crippen LogP contribution in [-0.4, -0.2) is 71.7 Å². The molecule has 1 unspecified atom stereocenters. The van der Waals surface area contributed by atoms with Crippen LogP contribution in [0.25, 0.3) is 0 Å². The molecule has 46 heavy (non-hydrogen) atoms. The van der Waals surface area contributed by atoms with Gasteiger partial charge in [0, 0.05) is 19.1 Å². The summed E-state index contributed by atoms with van der Waals surface area (Å²) in [7, 11) is 0. The minimum atomic E-state index is -1.05. The molecule has 0 radical (unpaired) electrons. The maximum absolute atomic E-state index is 14.2. The van der Waals surface area contributed by atoms with Crippen molar-refractivity contribution in [3.8, 4) is 0 Å². The Balaban J connectivity index is 0.00000185. The van der Waals surface area contributed by atoms with Gasteiger partial charge in [-0.2, -0.15) is 0 Å². The monoisotopic (exact) mass is 635 g/mol. The normalized spacial score (nSPS) is 19.0. The van der Waals surface area contributed by atoms with Crippen LogP contribution < -0.4 is 21.3 Å². The number of Topliss-reactive ketones (excluding diaryl/α,β-unsaturated/α-hetero) is 1. The molecule has 0 bridgehead atoms. The quantitative estimate of drug-likeness (QED) is 0.191. The number of benzene rings is 1. The fourth-order valence-corrected chi connectivity index (χ4v) is 6.54. The Labute approximate surface area is 274 Å². The summed E-state index contributed by atoms with van der Waals surface area (Å²) < 4.78 is 0. The van der Waals surface area contributed by atoms with E-state index in [-0.39, 0.29) is 36.9 Å². The van der Waals surface area contributed by atoms with Crippen molar-refractivity contribution in [3.05, 3.63) is 60.7 Å². The Kier molecular flexibility index (Phi) is 15.0. The third kappa shape index (κ3) is 10.3. The molecule has 1 heterocycles. The lowest BCUT2D eigenvalue weighted by Crippen LogP contribution is -2.59. The molecular weight excluding hydrogens is 582 g/mol. The van der Waals surface area contributed by atoms with E-state index in [0.717, 1.165) is 36.8 Å². The van der Waals surface area contributed by atoms with Gasteiger partial charge in [0.25, 0.3) is 5.91 Å². The van der Waals surface area contributed by atoms with Crippen LogP contribution in [0.3, 0.4) is 0 Å². The summed E-state index contributed by atoms with van der Waals surface area (Å²) in [6.45, 7) is 12.0. The topological polar surface area (TPSA) is 137 Å². The summed E-state index contributed by atoms with van der Waals surface area (Å²) in [6.07, 6.45) is 12.5. The minimum absolute atomic E-state index is 0.0873. The Hall–Kier alpha value is -3.95. The highest BCUT2D eigenvalue weighted by Gasteiger charge is 2.43. The third-order valence-electron chi connectivity index (χ3n) is 8.81. The second-order valence-corrected chi connectivity index (χ2v) is 12.6. The molecule has 1 aliphatic heterocycles. The summed E-state index contributed by atoms with van der Waals surface area (Å²) in [4.78, 5) is 67.7. The average molecular weight is 636 g/mol. The van der Waals surface area contributed by atoms with Crippen LogP contribution in [0.1, 0.15) is 89.2 Å². The van der Waals surface area contributed by atoms with Gasteiger partial charge in [0.05, 0.1) is 6.04 Å². The van der Waals surface area contributed by atoms with Crippen molar-refractivity contribution in [2.75, 3.05) is 13.1 Å². The van der Waals surface area contributed by atoms with Crippen molar-refractivity contribution >= 4 is 29.5 Å². The number of amides is 5. The van der Waals surface area contributed by atoms with E-state index in [9.17, 15) is 24.0 Å². The fraction of sp³-hybridized carbons (Fsp3) is 0.583. The molecule has 0 aromatic heterocycles. The van der Waals surface area contributed by atoms with Gasteiger partial charge in [-0.3, -0.25) is 19.2 Å². The highest BCUT2D eigenvalue weighted by Crippen LogP contribution is 2.31. The first kappa shape index (κ1) is 36.5. The minimum Gasteiger partial charge on any atom is -0.346 e. The number of hydrogen-bond acceptors (Lipinski definition) is 5. The summed E-state index contributed by atoms with van der Waals surface area (Å²) in [5, 5.41) is 11.3. The SMILES string of the molecule is C=CCCC(NC(=O)[C@@H]1CCCN1C(=O)[C@@H](NC(=O)NC1CCCCC1)C1Cc2ccccc2C1)C(=O)C(=O)NCC=C.CCC. The molecule has 1 aromatic rings. The Morgan fingerprint density at radius 2 is 1.57 bits per heavy atom. The van der Waals surface area contributed by atoms with Crippen LogP contribution in [-0.2, 0) is 32.0 Å². The number of carbonyl (C=O) groups is 5. The van der Waals surface area contributed by atoms with Crippen molar-refractivity contribution in [1.82, 2.24) is 26.2 Å². The van der Waals surface area contributed by atoms with Gasteiger partial charge in [0.2, 0.25) is 17.6 Å². The number of nitrogens with one attached hydrogen (secondary N) is 4. The summed E-state index contributed by atoms with van der Waals surface area (Å²) in [6, 6.07) is 5.12. The summed E-state index contributed by atoms with van der Waals surface area (Å²) in [5.41, 5.74) is 2.32. The molecule has 3 aliphatic rings. The maximum atomic E-state index is 14.2.